The number of aromatic nitrogens is 2. The maximum absolute atomic E-state index is 13.5. The number of ether oxygens (including phenoxy) is 1. The number of carbonyl (C=O) groups excluding carboxylic acids is 2. The molecule has 0 spiro atoms. The van der Waals surface area contributed by atoms with Gasteiger partial charge in [0.15, 0.2) is 5.69 Å². The van der Waals surface area contributed by atoms with Gasteiger partial charge < -0.3 is 15.0 Å². The van der Waals surface area contributed by atoms with Crippen molar-refractivity contribution in [1.29, 1.82) is 0 Å². The van der Waals surface area contributed by atoms with Crippen molar-refractivity contribution in [2.45, 2.75) is 20.0 Å². The largest absolute Gasteiger partial charge is 0.497 e. The van der Waals surface area contributed by atoms with Gasteiger partial charge in [-0.2, -0.15) is 18.3 Å². The molecule has 1 aromatic heterocycles. The third-order valence-corrected chi connectivity index (χ3v) is 5.10. The topological polar surface area (TPSA) is 93.5 Å². The molecule has 8 nitrogen and oxygen atoms in total. The number of hydrogen-bond acceptors (Lipinski definition) is 5. The molecule has 0 aliphatic heterocycles. The van der Waals surface area contributed by atoms with Crippen LogP contribution in [0.4, 0.5) is 18.9 Å². The summed E-state index contributed by atoms with van der Waals surface area (Å²) in [5, 5.41) is 6.59. The first-order chi connectivity index (χ1) is 16.5. The monoisotopic (exact) mass is 488 g/mol. The van der Waals surface area contributed by atoms with Gasteiger partial charge in [-0.15, -0.1) is 0 Å². The SMILES string of the molecule is CCN(CC(=O)Nc1cccc(OC)c1)C(=O)c1nn(-c2ccccc2C(F)(F)F)c(C)cc1=O. The van der Waals surface area contributed by atoms with Crippen molar-refractivity contribution < 1.29 is 27.5 Å². The van der Waals surface area contributed by atoms with Crippen molar-refractivity contribution >= 4 is 17.5 Å². The van der Waals surface area contributed by atoms with Crippen molar-refractivity contribution in [2.75, 3.05) is 25.5 Å². The Hall–Kier alpha value is -4.15. The van der Waals surface area contributed by atoms with Crippen molar-refractivity contribution in [1.82, 2.24) is 14.7 Å². The van der Waals surface area contributed by atoms with Crippen molar-refractivity contribution in [3.8, 4) is 11.4 Å². The van der Waals surface area contributed by atoms with Crippen molar-refractivity contribution in [2.24, 2.45) is 0 Å². The van der Waals surface area contributed by atoms with E-state index in [1.165, 1.54) is 32.2 Å². The van der Waals surface area contributed by atoms with Gasteiger partial charge in [0.1, 0.15) is 12.3 Å². The Morgan fingerprint density at radius 1 is 1.11 bits per heavy atom. The van der Waals surface area contributed by atoms with Crippen LogP contribution >= 0.6 is 0 Å². The quantitative estimate of drug-likeness (QED) is 0.548. The lowest BCUT2D eigenvalue weighted by atomic mass is 10.1. The maximum Gasteiger partial charge on any atom is 0.418 e. The minimum Gasteiger partial charge on any atom is -0.497 e. The van der Waals surface area contributed by atoms with Crippen LogP contribution in [0.25, 0.3) is 5.69 Å². The summed E-state index contributed by atoms with van der Waals surface area (Å²) in [4.78, 5) is 39.2. The molecule has 0 aliphatic rings. The molecule has 0 bridgehead atoms. The van der Waals surface area contributed by atoms with E-state index in [0.717, 1.165) is 21.7 Å². The Balaban J connectivity index is 1.91. The number of nitrogens with one attached hydrogen (secondary N) is 1. The number of carbonyl (C=O) groups is 2. The molecule has 0 radical (unpaired) electrons. The summed E-state index contributed by atoms with van der Waals surface area (Å²) in [6.45, 7) is 2.66. The molecule has 2 aromatic carbocycles. The summed E-state index contributed by atoms with van der Waals surface area (Å²) in [6, 6.07) is 12.3. The minimum absolute atomic E-state index is 0.0541. The van der Waals surface area contributed by atoms with Crippen LogP contribution in [0.3, 0.4) is 0 Å². The molecule has 0 saturated carbocycles. The van der Waals surface area contributed by atoms with E-state index in [4.69, 9.17) is 4.74 Å². The van der Waals surface area contributed by atoms with Gasteiger partial charge in [-0.25, -0.2) is 4.68 Å². The second-order valence-corrected chi connectivity index (χ2v) is 7.52. The number of amides is 2. The van der Waals surface area contributed by atoms with Crippen LogP contribution in [0, 0.1) is 6.92 Å². The molecule has 184 valence electrons. The highest BCUT2D eigenvalue weighted by molar-refractivity contribution is 5.98. The molecule has 1 N–H and O–H groups in total. The first kappa shape index (κ1) is 25.5. The Morgan fingerprint density at radius 3 is 2.49 bits per heavy atom. The van der Waals surface area contributed by atoms with Crippen LogP contribution in [0.1, 0.15) is 28.7 Å². The Bertz CT molecular complexity index is 1300. The number of alkyl halides is 3. The highest BCUT2D eigenvalue weighted by Gasteiger charge is 2.34. The van der Waals surface area contributed by atoms with Crippen LogP contribution < -0.4 is 15.5 Å². The van der Waals surface area contributed by atoms with E-state index >= 15 is 0 Å². The predicted molar refractivity (Wildman–Crippen MR) is 123 cm³/mol. The van der Waals surface area contributed by atoms with E-state index in [9.17, 15) is 27.6 Å². The van der Waals surface area contributed by atoms with Crippen molar-refractivity contribution in [3.63, 3.8) is 0 Å². The second kappa shape index (κ2) is 10.4. The van der Waals surface area contributed by atoms with E-state index < -0.39 is 41.2 Å². The summed E-state index contributed by atoms with van der Waals surface area (Å²) in [7, 11) is 1.48. The van der Waals surface area contributed by atoms with E-state index in [0.29, 0.717) is 11.4 Å². The first-order valence-corrected chi connectivity index (χ1v) is 10.6. The minimum atomic E-state index is -4.67. The van der Waals surface area contributed by atoms with Gasteiger partial charge in [0.05, 0.1) is 18.4 Å². The fourth-order valence-electron chi connectivity index (χ4n) is 3.39. The van der Waals surface area contributed by atoms with Gasteiger partial charge >= 0.3 is 6.18 Å². The zero-order chi connectivity index (χ0) is 25.8. The molecule has 0 fully saturated rings. The lowest BCUT2D eigenvalue weighted by molar-refractivity contribution is -0.137. The number of methoxy groups -OCH3 is 1. The molecule has 0 atom stereocenters. The second-order valence-electron chi connectivity index (χ2n) is 7.52. The van der Waals surface area contributed by atoms with Gasteiger partial charge in [0, 0.05) is 30.1 Å². The lowest BCUT2D eigenvalue weighted by Crippen LogP contribution is -2.41. The molecule has 11 heteroatoms. The molecule has 0 saturated heterocycles. The fraction of sp³-hybridized carbons (Fsp3) is 0.250. The normalized spacial score (nSPS) is 11.1. The standard InChI is InChI=1S/C24H23F3N4O4/c1-4-30(14-21(33)28-16-8-7-9-17(13-16)35-3)23(34)22-20(32)12-15(2)31(29-22)19-11-6-5-10-18(19)24(25,26)27/h5-13H,4,14H2,1-3H3,(H,28,33). The molecular weight excluding hydrogens is 465 g/mol. The van der Waals surface area contributed by atoms with Crippen LogP contribution in [0.15, 0.2) is 59.4 Å². The summed E-state index contributed by atoms with van der Waals surface area (Å²) in [5.74, 6) is -0.894. The zero-order valence-corrected chi connectivity index (χ0v) is 19.2. The maximum atomic E-state index is 13.5. The Kier molecular flexibility index (Phi) is 7.58. The summed E-state index contributed by atoms with van der Waals surface area (Å²) >= 11 is 0. The molecule has 0 aliphatic carbocycles. The van der Waals surface area contributed by atoms with E-state index in [1.807, 2.05) is 0 Å². The molecule has 0 unspecified atom stereocenters. The number of aryl methyl sites for hydroxylation is 1. The average molecular weight is 488 g/mol. The third-order valence-electron chi connectivity index (χ3n) is 5.10. The van der Waals surface area contributed by atoms with Gasteiger partial charge in [0.25, 0.3) is 5.91 Å². The van der Waals surface area contributed by atoms with Crippen molar-refractivity contribution in [3.05, 3.63) is 81.8 Å². The Labute approximate surface area is 198 Å². The number of hydrogen-bond donors (Lipinski definition) is 1. The summed E-state index contributed by atoms with van der Waals surface area (Å²) in [5.41, 5.74) is -2.10. The highest BCUT2D eigenvalue weighted by Crippen LogP contribution is 2.33. The third kappa shape index (κ3) is 5.86. The fourth-order valence-corrected chi connectivity index (χ4v) is 3.39. The summed E-state index contributed by atoms with van der Waals surface area (Å²) in [6.07, 6.45) is -4.67. The van der Waals surface area contributed by atoms with Gasteiger partial charge in [0.2, 0.25) is 11.3 Å². The number of rotatable bonds is 7. The van der Waals surface area contributed by atoms with Gasteiger partial charge in [-0.05, 0) is 38.1 Å². The molecule has 1 heterocycles. The molecule has 2 amide bonds. The van der Waals surface area contributed by atoms with Gasteiger partial charge in [-0.3, -0.25) is 14.4 Å². The molecule has 35 heavy (non-hydrogen) atoms. The number of likely N-dealkylation sites (N-methyl/N-ethyl adjacent to an activating group) is 1. The lowest BCUT2D eigenvalue weighted by Gasteiger charge is -2.21. The molecular formula is C24H23F3N4O4. The Morgan fingerprint density at radius 2 is 1.83 bits per heavy atom. The number of benzene rings is 2. The van der Waals surface area contributed by atoms with Gasteiger partial charge in [-0.1, -0.05) is 18.2 Å². The predicted octanol–water partition coefficient (Wildman–Crippen LogP) is 3.67. The van der Waals surface area contributed by atoms with E-state index in [-0.39, 0.29) is 17.9 Å². The number of halogens is 3. The number of anilines is 1. The van der Waals surface area contributed by atoms with E-state index in [2.05, 4.69) is 10.4 Å². The smallest absolute Gasteiger partial charge is 0.418 e. The molecule has 3 aromatic rings. The molecule has 3 rings (SSSR count). The zero-order valence-electron chi connectivity index (χ0n) is 19.2. The highest BCUT2D eigenvalue weighted by atomic mass is 19.4. The van der Waals surface area contributed by atoms with Crippen LogP contribution in [-0.2, 0) is 11.0 Å². The number of nitrogens with zero attached hydrogens (tertiary/aromatic N) is 3. The van der Waals surface area contributed by atoms with Crippen LogP contribution in [-0.4, -0.2) is 46.7 Å². The van der Waals surface area contributed by atoms with E-state index in [1.54, 1.807) is 31.2 Å². The first-order valence-electron chi connectivity index (χ1n) is 10.6. The van der Waals surface area contributed by atoms with Crippen LogP contribution in [0.2, 0.25) is 0 Å². The van der Waals surface area contributed by atoms with Crippen LogP contribution in [0.5, 0.6) is 5.75 Å². The summed E-state index contributed by atoms with van der Waals surface area (Å²) < 4.78 is 46.6. The number of para-hydroxylation sites is 1. The average Bonchev–Trinajstić information content (AvgIpc) is 2.82.